The van der Waals surface area contributed by atoms with Crippen LogP contribution in [0.3, 0.4) is 0 Å². The Labute approximate surface area is 356 Å². The number of benzene rings is 2. The van der Waals surface area contributed by atoms with Gasteiger partial charge in [0.1, 0.15) is 38.0 Å². The third kappa shape index (κ3) is 7.59. The number of ether oxygens (including phenoxy) is 2. The van der Waals surface area contributed by atoms with E-state index >= 15 is 0 Å². The van der Waals surface area contributed by atoms with Gasteiger partial charge in [-0.1, -0.05) is 59.6 Å². The minimum Gasteiger partial charge on any atom is -0.508 e. The number of aryl methyl sites for hydroxylation is 1. The molecule has 1 N–H and O–H groups in total. The number of hydrogen-bond acceptors (Lipinski definition) is 9. The van der Waals surface area contributed by atoms with E-state index in [0.717, 1.165) is 65.2 Å². The summed E-state index contributed by atoms with van der Waals surface area (Å²) in [6.45, 7) is 24.4. The average Bonchev–Trinajstić information content (AvgIpc) is 3.78. The van der Waals surface area contributed by atoms with Crippen LogP contribution in [0.5, 0.6) is 11.8 Å². The first-order valence-corrected chi connectivity index (χ1v) is 24.4. The van der Waals surface area contributed by atoms with Gasteiger partial charge in [-0.2, -0.15) is 9.97 Å². The molecule has 8 rings (SSSR count). The maximum atomic E-state index is 14.8. The third-order valence-electron chi connectivity index (χ3n) is 14.0. The van der Waals surface area contributed by atoms with Crippen LogP contribution in [0.4, 0.5) is 15.0 Å². The van der Waals surface area contributed by atoms with E-state index in [2.05, 4.69) is 68.9 Å². The standard InChI is InChI=1S/C48H63FN6O4Si/c1-29(2)60(30(3)4,31(5)6)20-17-33-13-11-14-34-21-38(56)22-39(43(33)34)40-23-41-42(32(7)50-40)44(52-45(51-41)58-28-48-18-12-19-54(48)25-35(49)24-48)53-26-36-15-16-37(27-53)55(36)46(57)59-47(8,9)10/h11,13-14,21-23,29-31,35-37,56H,12,15-16,18-19,24-28H2,1-10H3/t35-,36?,37?,48+/m1/s1. The van der Waals surface area contributed by atoms with Crippen molar-refractivity contribution in [3.8, 4) is 34.5 Å². The fourth-order valence-corrected chi connectivity index (χ4v) is 16.6. The van der Waals surface area contributed by atoms with Crippen molar-refractivity contribution in [1.82, 2.24) is 24.8 Å². The number of carbonyl (C=O) groups excluding carboxylic acids is 1. The number of carbonyl (C=O) groups is 1. The SMILES string of the molecule is Cc1nc(-c2cc(O)cc3cccc(C#C[Si](C(C)C)(C(C)C)C(C)C)c23)cc2nc(OC[C@@]34CCCN3C[C@H](F)C4)nc(N3CC4CCC(C3)N4C(=O)OC(C)(C)C)c12. The molecule has 4 aromatic rings. The summed E-state index contributed by atoms with van der Waals surface area (Å²) in [5.74, 6) is 4.56. The lowest BCUT2D eigenvalue weighted by Crippen LogP contribution is -2.57. The van der Waals surface area contributed by atoms with Crippen molar-refractivity contribution in [3.05, 3.63) is 47.7 Å². The summed E-state index contributed by atoms with van der Waals surface area (Å²) >= 11 is 0. The Hall–Kier alpha value is -4.47. The number of rotatable bonds is 8. The van der Waals surface area contributed by atoms with Crippen LogP contribution >= 0.6 is 0 Å². The fourth-order valence-electron chi connectivity index (χ4n) is 11.4. The zero-order valence-corrected chi connectivity index (χ0v) is 38.2. The molecular formula is C48H63FN6O4Si. The topological polar surface area (TPSA) is 104 Å². The number of alkyl halides is 1. The molecule has 0 radical (unpaired) electrons. The molecule has 6 heterocycles. The molecule has 4 aliphatic heterocycles. The Balaban J connectivity index is 1.25. The number of amides is 1. The van der Waals surface area contributed by atoms with Gasteiger partial charge in [0.15, 0.2) is 0 Å². The van der Waals surface area contributed by atoms with Crippen molar-refractivity contribution in [2.75, 3.05) is 37.7 Å². The second-order valence-corrected chi connectivity index (χ2v) is 25.5. The number of fused-ring (bicyclic) bond motifs is 5. The van der Waals surface area contributed by atoms with Crippen LogP contribution in [0.1, 0.15) is 106 Å². The van der Waals surface area contributed by atoms with Gasteiger partial charge in [0, 0.05) is 42.6 Å². The number of phenols is 1. The van der Waals surface area contributed by atoms with Crippen LogP contribution in [-0.2, 0) is 4.74 Å². The van der Waals surface area contributed by atoms with Gasteiger partial charge in [0.2, 0.25) is 0 Å². The highest BCUT2D eigenvalue weighted by Crippen LogP contribution is 2.44. The smallest absolute Gasteiger partial charge is 0.410 e. The van der Waals surface area contributed by atoms with Gasteiger partial charge in [-0.15, -0.1) is 5.54 Å². The molecule has 4 aliphatic rings. The molecule has 4 saturated heterocycles. The molecule has 2 bridgehead atoms. The van der Waals surface area contributed by atoms with Crippen LogP contribution in [-0.4, -0.2) is 106 Å². The second-order valence-electron chi connectivity index (χ2n) is 19.9. The summed E-state index contributed by atoms with van der Waals surface area (Å²) in [7, 11) is -2.05. The largest absolute Gasteiger partial charge is 0.508 e. The molecule has 2 unspecified atom stereocenters. The quantitative estimate of drug-likeness (QED) is 0.137. The van der Waals surface area contributed by atoms with Gasteiger partial charge in [-0.3, -0.25) is 14.8 Å². The number of phenolic OH excluding ortho intramolecular Hbond substituents is 1. The maximum absolute atomic E-state index is 14.8. The van der Waals surface area contributed by atoms with E-state index in [4.69, 9.17) is 24.4 Å². The highest BCUT2D eigenvalue weighted by Gasteiger charge is 2.50. The number of anilines is 1. The Kier molecular flexibility index (Phi) is 11.1. The lowest BCUT2D eigenvalue weighted by molar-refractivity contribution is 0.0122. The Bertz CT molecular complexity index is 2330. The monoisotopic (exact) mass is 834 g/mol. The second kappa shape index (κ2) is 15.8. The van der Waals surface area contributed by atoms with E-state index in [-0.39, 0.29) is 35.5 Å². The minimum atomic E-state index is -2.05. The van der Waals surface area contributed by atoms with E-state index in [0.29, 0.717) is 66.3 Å². The number of hydrogen-bond donors (Lipinski definition) is 1. The molecule has 0 saturated carbocycles. The van der Waals surface area contributed by atoms with Crippen LogP contribution in [0.25, 0.3) is 32.9 Å². The van der Waals surface area contributed by atoms with E-state index < -0.39 is 19.8 Å². The van der Waals surface area contributed by atoms with E-state index in [1.54, 1.807) is 12.1 Å². The van der Waals surface area contributed by atoms with Gasteiger partial charge in [-0.25, -0.2) is 9.18 Å². The van der Waals surface area contributed by atoms with Crippen molar-refractivity contribution >= 4 is 41.7 Å². The molecule has 4 atom stereocenters. The molecule has 1 amide bonds. The third-order valence-corrected chi connectivity index (χ3v) is 20.2. The van der Waals surface area contributed by atoms with Crippen LogP contribution < -0.4 is 9.64 Å². The number of aromatic nitrogens is 3. The van der Waals surface area contributed by atoms with E-state index in [1.165, 1.54) is 0 Å². The summed E-state index contributed by atoms with van der Waals surface area (Å²) in [6, 6.07) is 11.8. The number of pyridine rings is 1. The number of nitrogens with zero attached hydrogens (tertiary/aromatic N) is 6. The molecule has 2 aromatic heterocycles. The molecule has 60 heavy (non-hydrogen) atoms. The maximum Gasteiger partial charge on any atom is 0.410 e. The predicted molar refractivity (Wildman–Crippen MR) is 240 cm³/mol. The highest BCUT2D eigenvalue weighted by atomic mass is 28.3. The first-order valence-electron chi connectivity index (χ1n) is 22.2. The number of piperazine rings is 1. The molecular weight excluding hydrogens is 772 g/mol. The predicted octanol–water partition coefficient (Wildman–Crippen LogP) is 9.97. The summed E-state index contributed by atoms with van der Waals surface area (Å²) < 4.78 is 27.2. The molecule has 0 spiro atoms. The summed E-state index contributed by atoms with van der Waals surface area (Å²) in [6.07, 6.45) is 2.94. The van der Waals surface area contributed by atoms with Gasteiger partial charge in [-0.05, 0) is 106 Å². The minimum absolute atomic E-state index is 0.0338. The van der Waals surface area contributed by atoms with Crippen LogP contribution in [0.15, 0.2) is 36.4 Å². The Morgan fingerprint density at radius 1 is 0.983 bits per heavy atom. The Morgan fingerprint density at radius 3 is 2.35 bits per heavy atom. The van der Waals surface area contributed by atoms with E-state index in [9.17, 15) is 14.3 Å². The van der Waals surface area contributed by atoms with Crippen molar-refractivity contribution < 1.29 is 23.8 Å². The summed E-state index contributed by atoms with van der Waals surface area (Å²) in [4.78, 5) is 35.3. The van der Waals surface area contributed by atoms with Gasteiger partial charge < -0.3 is 19.5 Å². The molecule has 10 nitrogen and oxygen atoms in total. The van der Waals surface area contributed by atoms with Crippen molar-refractivity contribution in [3.63, 3.8) is 0 Å². The lowest BCUT2D eigenvalue weighted by atomic mass is 9.95. The zero-order chi connectivity index (χ0) is 42.9. The van der Waals surface area contributed by atoms with Crippen molar-refractivity contribution in [2.45, 2.75) is 147 Å². The van der Waals surface area contributed by atoms with Crippen molar-refractivity contribution in [2.24, 2.45) is 0 Å². The fraction of sp³-hybridized carbons (Fsp3) is 0.583. The number of halogens is 1. The molecule has 4 fully saturated rings. The first-order chi connectivity index (χ1) is 28.4. The molecule has 0 aliphatic carbocycles. The lowest BCUT2D eigenvalue weighted by Gasteiger charge is -2.42. The highest BCUT2D eigenvalue weighted by molar-refractivity contribution is 6.90. The average molecular weight is 835 g/mol. The van der Waals surface area contributed by atoms with Crippen LogP contribution in [0.2, 0.25) is 16.6 Å². The van der Waals surface area contributed by atoms with E-state index in [1.807, 2.05) is 50.8 Å². The van der Waals surface area contributed by atoms with Gasteiger partial charge >= 0.3 is 12.1 Å². The molecule has 12 heteroatoms. The summed E-state index contributed by atoms with van der Waals surface area (Å²) in [5.41, 5.74) is 8.18. The number of aromatic hydroxyl groups is 1. The van der Waals surface area contributed by atoms with Crippen LogP contribution in [0, 0.1) is 18.4 Å². The summed E-state index contributed by atoms with van der Waals surface area (Å²) in [5, 5.41) is 13.8. The molecule has 320 valence electrons. The Morgan fingerprint density at radius 2 is 1.68 bits per heavy atom. The van der Waals surface area contributed by atoms with Gasteiger partial charge in [0.05, 0.1) is 39.9 Å². The first kappa shape index (κ1) is 42.2. The normalized spacial score (nSPS) is 23.3. The zero-order valence-electron chi connectivity index (χ0n) is 37.2. The molecule has 2 aromatic carbocycles. The van der Waals surface area contributed by atoms with Crippen molar-refractivity contribution in [1.29, 1.82) is 0 Å². The van der Waals surface area contributed by atoms with Gasteiger partial charge in [0.25, 0.3) is 0 Å².